The summed E-state index contributed by atoms with van der Waals surface area (Å²) in [4.78, 5) is 25.2. The van der Waals surface area contributed by atoms with E-state index >= 15 is 0 Å². The molecule has 180 valence electrons. The molecule has 8 heteroatoms. The average molecular weight is 464 g/mol. The molecule has 1 fully saturated rings. The summed E-state index contributed by atoms with van der Waals surface area (Å²) in [6.07, 6.45) is 8.78. The molecule has 2 amide bonds. The Balaban J connectivity index is 1.53. The van der Waals surface area contributed by atoms with E-state index in [1.165, 1.54) is 0 Å². The van der Waals surface area contributed by atoms with Crippen molar-refractivity contribution in [1.82, 2.24) is 25.0 Å². The number of carbonyl (C=O) groups is 2. The zero-order chi connectivity index (χ0) is 24.0. The van der Waals surface area contributed by atoms with Gasteiger partial charge in [-0.15, -0.1) is 0 Å². The van der Waals surface area contributed by atoms with Gasteiger partial charge in [0.15, 0.2) is 0 Å². The number of aryl methyl sites for hydroxylation is 1. The summed E-state index contributed by atoms with van der Waals surface area (Å²) in [5.74, 6) is 0.618. The third-order valence-electron chi connectivity index (χ3n) is 6.41. The van der Waals surface area contributed by atoms with E-state index in [9.17, 15) is 9.59 Å². The number of aromatic nitrogens is 3. The fourth-order valence-corrected chi connectivity index (χ4v) is 4.76. The summed E-state index contributed by atoms with van der Waals surface area (Å²) in [5.41, 5.74) is 2.16. The van der Waals surface area contributed by atoms with E-state index in [0.29, 0.717) is 13.2 Å². The molecular weight excluding hydrogens is 430 g/mol. The minimum absolute atomic E-state index is 0.202. The monoisotopic (exact) mass is 463 g/mol. The summed E-state index contributed by atoms with van der Waals surface area (Å²) in [6, 6.07) is 13.6. The number of hydrogen-bond acceptors (Lipinski definition) is 4. The number of ether oxygens (including phenoxy) is 1. The highest BCUT2D eigenvalue weighted by molar-refractivity contribution is 5.77. The molecule has 0 atom stereocenters. The van der Waals surface area contributed by atoms with Crippen LogP contribution in [-0.2, 0) is 16.1 Å². The van der Waals surface area contributed by atoms with E-state index in [1.54, 1.807) is 6.92 Å². The lowest BCUT2D eigenvalue weighted by Gasteiger charge is -2.37. The first kappa shape index (κ1) is 23.6. The van der Waals surface area contributed by atoms with Crippen LogP contribution >= 0.6 is 0 Å². The van der Waals surface area contributed by atoms with E-state index < -0.39 is 5.54 Å². The molecule has 1 aromatic carbocycles. The standard InChI is InChI=1S/C26H33N5O3/c1-3-34-23(32)18-26(14-8-5-9-15-26)28-25(33)27-19-22-20(2)29-31(21-12-6-4-7-13-21)24(22)30-16-10-11-17-30/h4,6-7,10-13,16-17H,3,5,8-9,14-15,18-19H2,1-2H3,(H2,27,28,33). The second-order valence-corrected chi connectivity index (χ2v) is 8.86. The van der Waals surface area contributed by atoms with Gasteiger partial charge in [-0.1, -0.05) is 37.5 Å². The fourth-order valence-electron chi connectivity index (χ4n) is 4.76. The predicted molar refractivity (Wildman–Crippen MR) is 130 cm³/mol. The molecule has 0 aliphatic heterocycles. The smallest absolute Gasteiger partial charge is 0.315 e. The Morgan fingerprint density at radius 2 is 1.76 bits per heavy atom. The molecule has 0 saturated heterocycles. The van der Waals surface area contributed by atoms with Gasteiger partial charge >= 0.3 is 12.0 Å². The van der Waals surface area contributed by atoms with E-state index in [2.05, 4.69) is 10.6 Å². The maximum atomic E-state index is 13.0. The zero-order valence-corrected chi connectivity index (χ0v) is 19.9. The summed E-state index contributed by atoms with van der Waals surface area (Å²) in [6.45, 7) is 4.40. The van der Waals surface area contributed by atoms with Crippen molar-refractivity contribution in [3.63, 3.8) is 0 Å². The molecule has 4 rings (SSSR count). The van der Waals surface area contributed by atoms with Crippen LogP contribution in [0.3, 0.4) is 0 Å². The zero-order valence-electron chi connectivity index (χ0n) is 19.9. The first-order valence-corrected chi connectivity index (χ1v) is 12.0. The van der Waals surface area contributed by atoms with Crippen LogP contribution in [0.15, 0.2) is 54.9 Å². The van der Waals surface area contributed by atoms with E-state index in [0.717, 1.165) is 54.9 Å². The number of urea groups is 1. The highest BCUT2D eigenvalue weighted by atomic mass is 16.5. The number of rotatable bonds is 8. The van der Waals surface area contributed by atoms with Crippen molar-refractivity contribution in [2.75, 3.05) is 6.61 Å². The third-order valence-corrected chi connectivity index (χ3v) is 6.41. The van der Waals surface area contributed by atoms with E-state index in [-0.39, 0.29) is 18.4 Å². The maximum absolute atomic E-state index is 13.0. The number of hydrogen-bond donors (Lipinski definition) is 2. The average Bonchev–Trinajstić information content (AvgIpc) is 3.46. The quantitative estimate of drug-likeness (QED) is 0.484. The second-order valence-electron chi connectivity index (χ2n) is 8.86. The van der Waals surface area contributed by atoms with Gasteiger partial charge in [0.05, 0.1) is 36.5 Å². The molecule has 0 bridgehead atoms. The fraction of sp³-hybridized carbons (Fsp3) is 0.423. The molecular formula is C26H33N5O3. The van der Waals surface area contributed by atoms with Crippen LogP contribution in [-0.4, -0.2) is 38.5 Å². The minimum Gasteiger partial charge on any atom is -0.466 e. The number of esters is 1. The first-order valence-electron chi connectivity index (χ1n) is 12.0. The van der Waals surface area contributed by atoms with Crippen molar-refractivity contribution in [2.24, 2.45) is 0 Å². The van der Waals surface area contributed by atoms with Gasteiger partial charge in [0.25, 0.3) is 0 Å². The van der Waals surface area contributed by atoms with Crippen LogP contribution in [0, 0.1) is 6.92 Å². The van der Waals surface area contributed by atoms with Crippen molar-refractivity contribution in [1.29, 1.82) is 0 Å². The predicted octanol–water partition coefficient (Wildman–Crippen LogP) is 4.43. The van der Waals surface area contributed by atoms with Crippen molar-refractivity contribution in [2.45, 2.75) is 64.5 Å². The molecule has 34 heavy (non-hydrogen) atoms. The SMILES string of the molecule is CCOC(=O)CC1(NC(=O)NCc2c(C)nn(-c3ccccc3)c2-n2cccc2)CCCCC1. The summed E-state index contributed by atoms with van der Waals surface area (Å²) < 4.78 is 9.08. The molecule has 2 aromatic heterocycles. The van der Waals surface area contributed by atoms with Crippen LogP contribution in [0.5, 0.6) is 0 Å². The molecule has 1 aliphatic rings. The normalized spacial score (nSPS) is 15.0. The third kappa shape index (κ3) is 5.32. The Labute approximate surface area is 200 Å². The summed E-state index contributed by atoms with van der Waals surface area (Å²) in [7, 11) is 0. The number of nitrogens with zero attached hydrogens (tertiary/aromatic N) is 3. The Bertz CT molecular complexity index is 1100. The number of amides is 2. The number of carbonyl (C=O) groups excluding carboxylic acids is 2. The van der Waals surface area contributed by atoms with Gasteiger partial charge in [0.2, 0.25) is 0 Å². The molecule has 2 heterocycles. The Morgan fingerprint density at radius 3 is 2.44 bits per heavy atom. The molecule has 3 aromatic rings. The Morgan fingerprint density at radius 1 is 1.06 bits per heavy atom. The maximum Gasteiger partial charge on any atom is 0.315 e. The summed E-state index contributed by atoms with van der Waals surface area (Å²) in [5, 5.41) is 10.9. The molecule has 8 nitrogen and oxygen atoms in total. The Hall–Kier alpha value is -3.55. The van der Waals surface area contributed by atoms with Crippen molar-refractivity contribution < 1.29 is 14.3 Å². The lowest BCUT2D eigenvalue weighted by atomic mass is 9.79. The molecule has 1 saturated carbocycles. The highest BCUT2D eigenvalue weighted by Gasteiger charge is 2.36. The van der Waals surface area contributed by atoms with E-state index in [4.69, 9.17) is 9.84 Å². The van der Waals surface area contributed by atoms with Gasteiger partial charge in [-0.05, 0) is 51.0 Å². The van der Waals surface area contributed by atoms with Gasteiger partial charge in [-0.25, -0.2) is 9.48 Å². The van der Waals surface area contributed by atoms with Crippen LogP contribution in [0.2, 0.25) is 0 Å². The first-order chi connectivity index (χ1) is 16.5. The highest BCUT2D eigenvalue weighted by Crippen LogP contribution is 2.31. The van der Waals surface area contributed by atoms with Crippen LogP contribution < -0.4 is 10.6 Å². The van der Waals surface area contributed by atoms with Gasteiger partial charge in [0.1, 0.15) is 5.82 Å². The van der Waals surface area contributed by atoms with Gasteiger partial charge in [-0.2, -0.15) is 5.10 Å². The van der Waals surface area contributed by atoms with E-state index in [1.807, 2.05) is 71.0 Å². The van der Waals surface area contributed by atoms with Crippen LogP contribution in [0.4, 0.5) is 4.79 Å². The van der Waals surface area contributed by atoms with Crippen molar-refractivity contribution >= 4 is 12.0 Å². The molecule has 2 N–H and O–H groups in total. The largest absolute Gasteiger partial charge is 0.466 e. The number of nitrogens with one attached hydrogen (secondary N) is 2. The van der Waals surface area contributed by atoms with Crippen LogP contribution in [0.25, 0.3) is 11.5 Å². The van der Waals surface area contributed by atoms with Crippen LogP contribution in [0.1, 0.15) is 56.7 Å². The summed E-state index contributed by atoms with van der Waals surface area (Å²) >= 11 is 0. The lowest BCUT2D eigenvalue weighted by Crippen LogP contribution is -2.54. The second kappa shape index (κ2) is 10.6. The minimum atomic E-state index is -0.554. The number of benzene rings is 1. The topological polar surface area (TPSA) is 90.2 Å². The molecule has 0 unspecified atom stereocenters. The van der Waals surface area contributed by atoms with Crippen molar-refractivity contribution in [3.05, 3.63) is 66.1 Å². The Kier molecular flexibility index (Phi) is 7.35. The molecule has 0 radical (unpaired) electrons. The van der Waals surface area contributed by atoms with Gasteiger partial charge in [-0.3, -0.25) is 4.79 Å². The lowest BCUT2D eigenvalue weighted by molar-refractivity contribution is -0.145. The van der Waals surface area contributed by atoms with Crippen molar-refractivity contribution in [3.8, 4) is 11.5 Å². The van der Waals surface area contributed by atoms with Gasteiger partial charge in [0, 0.05) is 18.0 Å². The molecule has 0 spiro atoms. The van der Waals surface area contributed by atoms with Gasteiger partial charge < -0.3 is 19.9 Å². The number of para-hydroxylation sites is 1. The molecule has 1 aliphatic carbocycles.